The zero-order valence-corrected chi connectivity index (χ0v) is 12.3. The highest BCUT2D eigenvalue weighted by Gasteiger charge is 2.32. The van der Waals surface area contributed by atoms with E-state index in [0.29, 0.717) is 17.9 Å². The summed E-state index contributed by atoms with van der Waals surface area (Å²) in [5.41, 5.74) is 0.935. The van der Waals surface area contributed by atoms with Gasteiger partial charge in [0.15, 0.2) is 0 Å². The van der Waals surface area contributed by atoms with Crippen molar-refractivity contribution in [2.45, 2.75) is 52.7 Å². The summed E-state index contributed by atoms with van der Waals surface area (Å²) in [6.07, 6.45) is 4.10. The van der Waals surface area contributed by atoms with E-state index in [1.807, 2.05) is 24.3 Å². The standard InChI is InChI=1S/C17H26O2/c1-12(2)16-9-4-13(3)10-17(16)19-15-7-5-14(11-18)6-8-15/h5-8,12-13,16-18H,4,9-11H2,1-3H3. The molecule has 1 aliphatic rings. The molecule has 1 saturated carbocycles. The molecule has 0 aromatic heterocycles. The van der Waals surface area contributed by atoms with Gasteiger partial charge in [-0.25, -0.2) is 0 Å². The largest absolute Gasteiger partial charge is 0.490 e. The van der Waals surface area contributed by atoms with Crippen LogP contribution in [0.5, 0.6) is 5.75 Å². The third-order valence-corrected chi connectivity index (χ3v) is 4.35. The van der Waals surface area contributed by atoms with Gasteiger partial charge in [-0.1, -0.05) is 39.3 Å². The van der Waals surface area contributed by atoms with Gasteiger partial charge in [-0.3, -0.25) is 0 Å². The summed E-state index contributed by atoms with van der Waals surface area (Å²) in [4.78, 5) is 0. The van der Waals surface area contributed by atoms with Crippen LogP contribution in [0, 0.1) is 17.8 Å². The van der Waals surface area contributed by atoms with Crippen LogP contribution in [0.3, 0.4) is 0 Å². The number of hydrogen-bond donors (Lipinski definition) is 1. The van der Waals surface area contributed by atoms with Crippen LogP contribution in [0.4, 0.5) is 0 Å². The highest BCUT2D eigenvalue weighted by molar-refractivity contribution is 5.27. The Morgan fingerprint density at radius 2 is 1.89 bits per heavy atom. The topological polar surface area (TPSA) is 29.5 Å². The maximum atomic E-state index is 9.06. The Kier molecular flexibility index (Phi) is 4.87. The van der Waals surface area contributed by atoms with E-state index in [1.54, 1.807) is 0 Å². The number of hydrogen-bond acceptors (Lipinski definition) is 2. The van der Waals surface area contributed by atoms with Crippen LogP contribution in [-0.4, -0.2) is 11.2 Å². The van der Waals surface area contributed by atoms with Gasteiger partial charge >= 0.3 is 0 Å². The predicted octanol–water partition coefficient (Wildman–Crippen LogP) is 4.02. The lowest BCUT2D eigenvalue weighted by molar-refractivity contribution is 0.0460. The minimum Gasteiger partial charge on any atom is -0.490 e. The van der Waals surface area contributed by atoms with E-state index in [4.69, 9.17) is 9.84 Å². The molecule has 0 heterocycles. The number of aliphatic hydroxyl groups excluding tert-OH is 1. The van der Waals surface area contributed by atoms with Crippen LogP contribution in [0.1, 0.15) is 45.6 Å². The van der Waals surface area contributed by atoms with Gasteiger partial charge in [0.25, 0.3) is 0 Å². The summed E-state index contributed by atoms with van der Waals surface area (Å²) >= 11 is 0. The molecule has 1 N–H and O–H groups in total. The maximum absolute atomic E-state index is 9.06. The van der Waals surface area contributed by atoms with E-state index < -0.39 is 0 Å². The zero-order chi connectivity index (χ0) is 13.8. The van der Waals surface area contributed by atoms with Gasteiger partial charge in [0.1, 0.15) is 11.9 Å². The van der Waals surface area contributed by atoms with Crippen LogP contribution in [0.2, 0.25) is 0 Å². The SMILES string of the molecule is CC1CCC(C(C)C)C(Oc2ccc(CO)cc2)C1. The van der Waals surface area contributed by atoms with Crippen LogP contribution in [0.25, 0.3) is 0 Å². The van der Waals surface area contributed by atoms with Gasteiger partial charge in [-0.15, -0.1) is 0 Å². The van der Waals surface area contributed by atoms with Crippen molar-refractivity contribution >= 4 is 0 Å². The number of ether oxygens (including phenoxy) is 1. The Hall–Kier alpha value is -1.02. The zero-order valence-electron chi connectivity index (χ0n) is 12.3. The molecule has 3 atom stereocenters. The minimum atomic E-state index is 0.0926. The van der Waals surface area contributed by atoms with E-state index in [2.05, 4.69) is 20.8 Å². The number of benzene rings is 1. The highest BCUT2D eigenvalue weighted by Crippen LogP contribution is 2.35. The Morgan fingerprint density at radius 1 is 1.21 bits per heavy atom. The van der Waals surface area contributed by atoms with Crippen molar-refractivity contribution in [1.29, 1.82) is 0 Å². The lowest BCUT2D eigenvalue weighted by atomic mass is 9.75. The fourth-order valence-electron chi connectivity index (χ4n) is 3.10. The molecule has 0 amide bonds. The van der Waals surface area contributed by atoms with Gasteiger partial charge < -0.3 is 9.84 Å². The summed E-state index contributed by atoms with van der Waals surface area (Å²) < 4.78 is 6.22. The normalized spacial score (nSPS) is 27.5. The molecular formula is C17H26O2. The second kappa shape index (κ2) is 6.42. The lowest BCUT2D eigenvalue weighted by Crippen LogP contribution is -2.36. The second-order valence-electron chi connectivity index (χ2n) is 6.28. The van der Waals surface area contributed by atoms with Crippen molar-refractivity contribution in [2.75, 3.05) is 0 Å². The van der Waals surface area contributed by atoms with Gasteiger partial charge in [-0.05, 0) is 48.3 Å². The van der Waals surface area contributed by atoms with E-state index >= 15 is 0 Å². The molecular weight excluding hydrogens is 236 g/mol. The molecule has 1 fully saturated rings. The molecule has 1 aliphatic carbocycles. The molecule has 0 bridgehead atoms. The van der Waals surface area contributed by atoms with Gasteiger partial charge in [0, 0.05) is 0 Å². The Bertz CT molecular complexity index is 383. The monoisotopic (exact) mass is 262 g/mol. The van der Waals surface area contributed by atoms with Gasteiger partial charge in [-0.2, -0.15) is 0 Å². The first-order valence-corrected chi connectivity index (χ1v) is 7.46. The molecule has 0 saturated heterocycles. The molecule has 3 unspecified atom stereocenters. The Labute approximate surface area is 116 Å². The van der Waals surface area contributed by atoms with Gasteiger partial charge in [0.2, 0.25) is 0 Å². The van der Waals surface area contributed by atoms with E-state index in [-0.39, 0.29) is 6.61 Å². The third-order valence-electron chi connectivity index (χ3n) is 4.35. The van der Waals surface area contributed by atoms with Crippen LogP contribution < -0.4 is 4.74 Å². The maximum Gasteiger partial charge on any atom is 0.119 e. The smallest absolute Gasteiger partial charge is 0.119 e. The summed E-state index contributed by atoms with van der Waals surface area (Å²) in [6.45, 7) is 7.01. The molecule has 2 rings (SSSR count). The molecule has 2 nitrogen and oxygen atoms in total. The van der Waals surface area contributed by atoms with E-state index in [9.17, 15) is 0 Å². The van der Waals surface area contributed by atoms with Crippen LogP contribution >= 0.6 is 0 Å². The van der Waals surface area contributed by atoms with Gasteiger partial charge in [0.05, 0.1) is 6.61 Å². The van der Waals surface area contributed by atoms with Crippen molar-refractivity contribution in [1.82, 2.24) is 0 Å². The second-order valence-corrected chi connectivity index (χ2v) is 6.28. The van der Waals surface area contributed by atoms with E-state index in [1.165, 1.54) is 12.8 Å². The predicted molar refractivity (Wildman–Crippen MR) is 78.1 cm³/mol. The Balaban J connectivity index is 2.05. The highest BCUT2D eigenvalue weighted by atomic mass is 16.5. The molecule has 0 radical (unpaired) electrons. The first-order valence-electron chi connectivity index (χ1n) is 7.46. The average molecular weight is 262 g/mol. The fourth-order valence-corrected chi connectivity index (χ4v) is 3.10. The summed E-state index contributed by atoms with van der Waals surface area (Å²) in [5.74, 6) is 3.03. The number of rotatable bonds is 4. The molecule has 106 valence electrons. The van der Waals surface area contributed by atoms with Crippen molar-refractivity contribution in [3.8, 4) is 5.75 Å². The summed E-state index contributed by atoms with van der Waals surface area (Å²) in [6, 6.07) is 7.82. The van der Waals surface area contributed by atoms with Crippen LogP contribution in [-0.2, 0) is 6.61 Å². The number of aliphatic hydroxyl groups is 1. The van der Waals surface area contributed by atoms with Crippen molar-refractivity contribution in [3.05, 3.63) is 29.8 Å². The summed E-state index contributed by atoms with van der Waals surface area (Å²) in [7, 11) is 0. The van der Waals surface area contributed by atoms with Crippen LogP contribution in [0.15, 0.2) is 24.3 Å². The summed E-state index contributed by atoms with van der Waals surface area (Å²) in [5, 5.41) is 9.06. The lowest BCUT2D eigenvalue weighted by Gasteiger charge is -2.37. The molecule has 2 heteroatoms. The first-order chi connectivity index (χ1) is 9.10. The quantitative estimate of drug-likeness (QED) is 0.888. The minimum absolute atomic E-state index is 0.0926. The third kappa shape index (κ3) is 3.73. The molecule has 19 heavy (non-hydrogen) atoms. The van der Waals surface area contributed by atoms with Crippen molar-refractivity contribution in [3.63, 3.8) is 0 Å². The molecule has 0 spiro atoms. The molecule has 1 aromatic rings. The van der Waals surface area contributed by atoms with E-state index in [0.717, 1.165) is 23.7 Å². The first kappa shape index (κ1) is 14.4. The van der Waals surface area contributed by atoms with Crippen molar-refractivity contribution in [2.24, 2.45) is 17.8 Å². The molecule has 1 aromatic carbocycles. The Morgan fingerprint density at radius 3 is 2.47 bits per heavy atom. The average Bonchev–Trinajstić information content (AvgIpc) is 2.39. The van der Waals surface area contributed by atoms with Crippen molar-refractivity contribution < 1.29 is 9.84 Å². The molecule has 0 aliphatic heterocycles. The fraction of sp³-hybridized carbons (Fsp3) is 0.647.